The van der Waals surface area contributed by atoms with Crippen LogP contribution in [-0.2, 0) is 0 Å². The van der Waals surface area contributed by atoms with Gasteiger partial charge in [0.1, 0.15) is 0 Å². The Hall–Kier alpha value is -0.830. The van der Waals surface area contributed by atoms with Crippen molar-refractivity contribution in [1.82, 2.24) is 14.9 Å². The van der Waals surface area contributed by atoms with Gasteiger partial charge in [0.2, 0.25) is 0 Å². The molecule has 17 heavy (non-hydrogen) atoms. The third-order valence-corrected chi connectivity index (χ3v) is 4.27. The molecule has 3 nitrogen and oxygen atoms in total. The van der Waals surface area contributed by atoms with Crippen molar-refractivity contribution in [2.45, 2.75) is 52.0 Å². The first-order valence-corrected chi connectivity index (χ1v) is 6.96. The summed E-state index contributed by atoms with van der Waals surface area (Å²) in [7, 11) is 0. The molecule has 0 bridgehead atoms. The Labute approximate surface area is 105 Å². The summed E-state index contributed by atoms with van der Waals surface area (Å²) in [5.41, 5.74) is 1.39. The fourth-order valence-electron chi connectivity index (χ4n) is 2.76. The van der Waals surface area contributed by atoms with Crippen LogP contribution in [0.3, 0.4) is 0 Å². The largest absolute Gasteiger partial charge is 0.331 e. The molecule has 1 N–H and O–H groups in total. The van der Waals surface area contributed by atoms with Gasteiger partial charge in [0, 0.05) is 17.9 Å². The Morgan fingerprint density at radius 2 is 2.35 bits per heavy atom. The van der Waals surface area contributed by atoms with E-state index in [0.29, 0.717) is 12.0 Å². The van der Waals surface area contributed by atoms with Crippen molar-refractivity contribution in [1.29, 1.82) is 0 Å². The molecule has 0 saturated carbocycles. The summed E-state index contributed by atoms with van der Waals surface area (Å²) in [6.45, 7) is 9.21. The van der Waals surface area contributed by atoms with Crippen LogP contribution < -0.4 is 5.32 Å². The number of nitrogens with zero attached hydrogens (tertiary/aromatic N) is 2. The standard InChI is InChI=1S/C14H25N3/c1-4-11(2)14-9-16-10-17(14)12(3)13-6-5-7-15-8-13/h9-13,15H,4-8H2,1-3H3. The summed E-state index contributed by atoms with van der Waals surface area (Å²) in [6.07, 6.45) is 7.89. The van der Waals surface area contributed by atoms with Crippen molar-refractivity contribution in [2.75, 3.05) is 13.1 Å². The number of nitrogens with one attached hydrogen (secondary N) is 1. The minimum atomic E-state index is 0.564. The number of aromatic nitrogens is 2. The maximum atomic E-state index is 4.35. The van der Waals surface area contributed by atoms with E-state index in [4.69, 9.17) is 0 Å². The number of piperidine rings is 1. The molecule has 1 saturated heterocycles. The molecule has 2 heterocycles. The molecule has 0 spiro atoms. The van der Waals surface area contributed by atoms with E-state index in [1.54, 1.807) is 0 Å². The van der Waals surface area contributed by atoms with Gasteiger partial charge in [-0.25, -0.2) is 4.98 Å². The van der Waals surface area contributed by atoms with Crippen molar-refractivity contribution in [2.24, 2.45) is 5.92 Å². The molecule has 3 atom stereocenters. The van der Waals surface area contributed by atoms with Gasteiger partial charge in [0.05, 0.1) is 6.33 Å². The zero-order chi connectivity index (χ0) is 12.3. The second-order valence-corrected chi connectivity index (χ2v) is 5.38. The van der Waals surface area contributed by atoms with Crippen LogP contribution in [0.4, 0.5) is 0 Å². The highest BCUT2D eigenvalue weighted by molar-refractivity contribution is 5.06. The topological polar surface area (TPSA) is 29.9 Å². The lowest BCUT2D eigenvalue weighted by molar-refractivity contribution is 0.274. The summed E-state index contributed by atoms with van der Waals surface area (Å²) < 4.78 is 2.39. The Balaban J connectivity index is 2.12. The molecule has 1 aliphatic heterocycles. The monoisotopic (exact) mass is 235 g/mol. The van der Waals surface area contributed by atoms with Gasteiger partial charge >= 0.3 is 0 Å². The van der Waals surface area contributed by atoms with Crippen LogP contribution >= 0.6 is 0 Å². The van der Waals surface area contributed by atoms with Crippen molar-refractivity contribution in [3.63, 3.8) is 0 Å². The highest BCUT2D eigenvalue weighted by atomic mass is 15.1. The summed E-state index contributed by atoms with van der Waals surface area (Å²) in [4.78, 5) is 4.35. The predicted octanol–water partition coefficient (Wildman–Crippen LogP) is 2.96. The summed E-state index contributed by atoms with van der Waals surface area (Å²) in [5.74, 6) is 1.36. The molecule has 0 aromatic carbocycles. The lowest BCUT2D eigenvalue weighted by Gasteiger charge is -2.31. The molecular weight excluding hydrogens is 210 g/mol. The number of imidazole rings is 1. The van der Waals surface area contributed by atoms with Crippen molar-refractivity contribution in [3.05, 3.63) is 18.2 Å². The third-order valence-electron chi connectivity index (χ3n) is 4.27. The van der Waals surface area contributed by atoms with Crippen molar-refractivity contribution >= 4 is 0 Å². The molecule has 96 valence electrons. The van der Waals surface area contributed by atoms with Crippen LogP contribution in [-0.4, -0.2) is 22.6 Å². The lowest BCUT2D eigenvalue weighted by Crippen LogP contribution is -2.34. The Kier molecular flexibility index (Phi) is 4.21. The van der Waals surface area contributed by atoms with E-state index < -0.39 is 0 Å². The minimum absolute atomic E-state index is 0.564. The first-order chi connectivity index (χ1) is 8.24. The maximum Gasteiger partial charge on any atom is 0.0950 e. The normalized spacial score (nSPS) is 24.5. The van der Waals surface area contributed by atoms with E-state index in [1.807, 2.05) is 12.5 Å². The van der Waals surface area contributed by atoms with Gasteiger partial charge in [-0.15, -0.1) is 0 Å². The van der Waals surface area contributed by atoms with Crippen LogP contribution in [0.5, 0.6) is 0 Å². The first kappa shape index (κ1) is 12.6. The van der Waals surface area contributed by atoms with Gasteiger partial charge in [-0.2, -0.15) is 0 Å². The molecule has 0 amide bonds. The van der Waals surface area contributed by atoms with Crippen molar-refractivity contribution < 1.29 is 0 Å². The Bertz CT molecular complexity index is 339. The second-order valence-electron chi connectivity index (χ2n) is 5.38. The van der Waals surface area contributed by atoms with E-state index in [0.717, 1.165) is 12.5 Å². The summed E-state index contributed by atoms with van der Waals surface area (Å²) in [6, 6.07) is 0.564. The number of rotatable bonds is 4. The maximum absolute atomic E-state index is 4.35. The number of hydrogen-bond acceptors (Lipinski definition) is 2. The van der Waals surface area contributed by atoms with Gasteiger partial charge in [0.25, 0.3) is 0 Å². The SMILES string of the molecule is CCC(C)c1cncn1C(C)C1CCCNC1. The van der Waals surface area contributed by atoms with Gasteiger partial charge in [-0.1, -0.05) is 13.8 Å². The van der Waals surface area contributed by atoms with Crippen LogP contribution in [0.1, 0.15) is 57.7 Å². The van der Waals surface area contributed by atoms with Crippen LogP contribution in [0.15, 0.2) is 12.5 Å². The zero-order valence-electron chi connectivity index (χ0n) is 11.3. The third kappa shape index (κ3) is 2.71. The summed E-state index contributed by atoms with van der Waals surface area (Å²) in [5, 5.41) is 3.51. The smallest absolute Gasteiger partial charge is 0.0950 e. The van der Waals surface area contributed by atoms with E-state index in [-0.39, 0.29) is 0 Å². The highest BCUT2D eigenvalue weighted by Gasteiger charge is 2.23. The Morgan fingerprint density at radius 1 is 1.53 bits per heavy atom. The van der Waals surface area contributed by atoms with E-state index in [2.05, 4.69) is 35.6 Å². The molecule has 1 aliphatic rings. The fraction of sp³-hybridized carbons (Fsp3) is 0.786. The van der Waals surface area contributed by atoms with Gasteiger partial charge in [0.15, 0.2) is 0 Å². The van der Waals surface area contributed by atoms with Crippen LogP contribution in [0.25, 0.3) is 0 Å². The zero-order valence-corrected chi connectivity index (χ0v) is 11.3. The van der Waals surface area contributed by atoms with Crippen LogP contribution in [0.2, 0.25) is 0 Å². The lowest BCUT2D eigenvalue weighted by atomic mass is 9.92. The molecule has 0 radical (unpaired) electrons. The van der Waals surface area contributed by atoms with Crippen molar-refractivity contribution in [3.8, 4) is 0 Å². The average Bonchev–Trinajstić information content (AvgIpc) is 2.87. The highest BCUT2D eigenvalue weighted by Crippen LogP contribution is 2.28. The van der Waals surface area contributed by atoms with Gasteiger partial charge in [-0.3, -0.25) is 0 Å². The fourth-order valence-corrected chi connectivity index (χ4v) is 2.76. The minimum Gasteiger partial charge on any atom is -0.331 e. The van der Waals surface area contributed by atoms with E-state index >= 15 is 0 Å². The molecule has 1 aromatic heterocycles. The predicted molar refractivity (Wildman–Crippen MR) is 71.2 cm³/mol. The summed E-state index contributed by atoms with van der Waals surface area (Å²) >= 11 is 0. The molecule has 3 unspecified atom stereocenters. The average molecular weight is 235 g/mol. The van der Waals surface area contributed by atoms with E-state index in [1.165, 1.54) is 31.5 Å². The van der Waals surface area contributed by atoms with Crippen LogP contribution in [0, 0.1) is 5.92 Å². The van der Waals surface area contributed by atoms with E-state index in [9.17, 15) is 0 Å². The van der Waals surface area contributed by atoms with Gasteiger partial charge in [-0.05, 0) is 51.1 Å². The molecule has 1 aromatic rings. The molecule has 2 rings (SSSR count). The van der Waals surface area contributed by atoms with Gasteiger partial charge < -0.3 is 9.88 Å². The molecule has 0 aliphatic carbocycles. The molecule has 3 heteroatoms. The second kappa shape index (κ2) is 5.67. The Morgan fingerprint density at radius 3 is 3.00 bits per heavy atom. The first-order valence-electron chi connectivity index (χ1n) is 6.96. The number of hydrogen-bond donors (Lipinski definition) is 1. The molecule has 1 fully saturated rings. The molecular formula is C14H25N3. The quantitative estimate of drug-likeness (QED) is 0.869.